The van der Waals surface area contributed by atoms with Gasteiger partial charge < -0.3 is 15.5 Å². The molecule has 1 saturated heterocycles. The van der Waals surface area contributed by atoms with Crippen LogP contribution in [0.25, 0.3) is 0 Å². The number of carbonyl (C=O) groups excluding carboxylic acids is 2. The van der Waals surface area contributed by atoms with Crippen molar-refractivity contribution in [3.63, 3.8) is 0 Å². The summed E-state index contributed by atoms with van der Waals surface area (Å²) >= 11 is 1.51. The first kappa shape index (κ1) is 17.3. The van der Waals surface area contributed by atoms with Gasteiger partial charge in [-0.15, -0.1) is 11.8 Å². The number of nitrogens with one attached hydrogen (secondary N) is 2. The molecule has 1 fully saturated rings. The SMILES string of the molecule is C[C@H]1CCCCN1CCCNC(=O)c1ccc2c(c1)NC(=O)CS2. The van der Waals surface area contributed by atoms with Crippen molar-refractivity contribution >= 4 is 29.3 Å². The lowest BCUT2D eigenvalue weighted by molar-refractivity contribution is -0.113. The van der Waals surface area contributed by atoms with Crippen LogP contribution in [0.3, 0.4) is 0 Å². The van der Waals surface area contributed by atoms with Crippen LogP contribution in [-0.4, -0.2) is 48.1 Å². The Morgan fingerprint density at radius 1 is 1.42 bits per heavy atom. The highest BCUT2D eigenvalue weighted by molar-refractivity contribution is 8.00. The second kappa shape index (κ2) is 8.03. The fraction of sp³-hybridized carbons (Fsp3) is 0.556. The number of fused-ring (bicyclic) bond motifs is 1. The molecular formula is C18H25N3O2S. The lowest BCUT2D eigenvalue weighted by atomic mass is 10.0. The average Bonchev–Trinajstić information content (AvgIpc) is 2.59. The molecule has 2 heterocycles. The monoisotopic (exact) mass is 347 g/mol. The summed E-state index contributed by atoms with van der Waals surface area (Å²) in [7, 11) is 0. The molecule has 0 radical (unpaired) electrons. The smallest absolute Gasteiger partial charge is 0.251 e. The summed E-state index contributed by atoms with van der Waals surface area (Å²) in [6, 6.07) is 6.16. The number of benzene rings is 1. The van der Waals surface area contributed by atoms with Crippen molar-refractivity contribution in [1.82, 2.24) is 10.2 Å². The Bertz CT molecular complexity index is 620. The van der Waals surface area contributed by atoms with Gasteiger partial charge in [0.15, 0.2) is 0 Å². The molecule has 0 spiro atoms. The van der Waals surface area contributed by atoms with Gasteiger partial charge in [-0.3, -0.25) is 9.59 Å². The number of likely N-dealkylation sites (tertiary alicyclic amines) is 1. The van der Waals surface area contributed by atoms with E-state index < -0.39 is 0 Å². The van der Waals surface area contributed by atoms with Gasteiger partial charge in [0.1, 0.15) is 0 Å². The van der Waals surface area contributed by atoms with E-state index in [1.165, 1.54) is 37.6 Å². The van der Waals surface area contributed by atoms with Crippen LogP contribution in [0, 0.1) is 0 Å². The maximum absolute atomic E-state index is 12.3. The molecule has 24 heavy (non-hydrogen) atoms. The number of hydrogen-bond acceptors (Lipinski definition) is 4. The van der Waals surface area contributed by atoms with Crippen molar-refractivity contribution in [3.8, 4) is 0 Å². The van der Waals surface area contributed by atoms with Crippen LogP contribution in [0.2, 0.25) is 0 Å². The second-order valence-electron chi connectivity index (χ2n) is 6.54. The molecule has 2 aliphatic rings. The molecule has 2 aliphatic heterocycles. The van der Waals surface area contributed by atoms with Gasteiger partial charge in [0.25, 0.3) is 5.91 Å². The van der Waals surface area contributed by atoms with Gasteiger partial charge in [0.05, 0.1) is 11.4 Å². The Hall–Kier alpha value is -1.53. The summed E-state index contributed by atoms with van der Waals surface area (Å²) in [4.78, 5) is 27.3. The van der Waals surface area contributed by atoms with E-state index in [-0.39, 0.29) is 11.8 Å². The fourth-order valence-electron chi connectivity index (χ4n) is 3.30. The van der Waals surface area contributed by atoms with Crippen LogP contribution >= 0.6 is 11.8 Å². The largest absolute Gasteiger partial charge is 0.352 e. The third-order valence-electron chi connectivity index (χ3n) is 4.72. The summed E-state index contributed by atoms with van der Waals surface area (Å²) in [5.74, 6) is 0.350. The lowest BCUT2D eigenvalue weighted by Gasteiger charge is -2.33. The third kappa shape index (κ3) is 4.30. The highest BCUT2D eigenvalue weighted by Crippen LogP contribution is 2.31. The first-order valence-corrected chi connectivity index (χ1v) is 9.71. The van der Waals surface area contributed by atoms with Gasteiger partial charge in [0, 0.05) is 29.6 Å². The number of carbonyl (C=O) groups is 2. The van der Waals surface area contributed by atoms with Gasteiger partial charge in [-0.2, -0.15) is 0 Å². The van der Waals surface area contributed by atoms with Crippen LogP contribution in [0.15, 0.2) is 23.1 Å². The topological polar surface area (TPSA) is 61.4 Å². The molecule has 0 aromatic heterocycles. The van der Waals surface area contributed by atoms with Crippen molar-refractivity contribution in [2.75, 3.05) is 30.7 Å². The van der Waals surface area contributed by atoms with Gasteiger partial charge in [-0.25, -0.2) is 0 Å². The minimum atomic E-state index is -0.0747. The molecule has 0 bridgehead atoms. The molecule has 0 unspecified atom stereocenters. The normalized spacial score (nSPS) is 21.0. The maximum atomic E-state index is 12.3. The number of thioether (sulfide) groups is 1. The number of amides is 2. The minimum absolute atomic E-state index is 0.0132. The third-order valence-corrected chi connectivity index (χ3v) is 5.80. The quantitative estimate of drug-likeness (QED) is 0.804. The van der Waals surface area contributed by atoms with Crippen molar-refractivity contribution in [3.05, 3.63) is 23.8 Å². The van der Waals surface area contributed by atoms with E-state index in [1.54, 1.807) is 6.07 Å². The predicted octanol–water partition coefficient (Wildman–Crippen LogP) is 2.73. The summed E-state index contributed by atoms with van der Waals surface area (Å²) in [6.45, 7) is 5.19. The molecule has 2 amide bonds. The van der Waals surface area contributed by atoms with E-state index >= 15 is 0 Å². The molecule has 0 aliphatic carbocycles. The Balaban J connectivity index is 1.47. The maximum Gasteiger partial charge on any atom is 0.251 e. The molecule has 1 aromatic rings. The first-order chi connectivity index (χ1) is 11.6. The number of nitrogens with zero attached hydrogens (tertiary/aromatic N) is 1. The molecular weight excluding hydrogens is 322 g/mol. The van der Waals surface area contributed by atoms with Gasteiger partial charge >= 0.3 is 0 Å². The summed E-state index contributed by atoms with van der Waals surface area (Å²) in [5.41, 5.74) is 1.34. The molecule has 6 heteroatoms. The number of anilines is 1. The van der Waals surface area contributed by atoms with E-state index in [0.29, 0.717) is 23.9 Å². The number of hydrogen-bond donors (Lipinski definition) is 2. The molecule has 3 rings (SSSR count). The highest BCUT2D eigenvalue weighted by Gasteiger charge is 2.18. The molecule has 2 N–H and O–H groups in total. The van der Waals surface area contributed by atoms with Crippen LogP contribution in [0.5, 0.6) is 0 Å². The summed E-state index contributed by atoms with van der Waals surface area (Å²) in [5, 5.41) is 5.81. The zero-order chi connectivity index (χ0) is 16.9. The van der Waals surface area contributed by atoms with Crippen LogP contribution < -0.4 is 10.6 Å². The standard InChI is InChI=1S/C18H25N3O2S/c1-13-5-2-3-9-21(13)10-4-8-19-18(23)14-6-7-16-15(11-14)20-17(22)12-24-16/h6-7,11,13H,2-5,8-10,12H2,1H3,(H,19,23)(H,20,22)/t13-/m0/s1. The van der Waals surface area contributed by atoms with Crippen molar-refractivity contribution in [1.29, 1.82) is 0 Å². The Labute approximate surface area is 147 Å². The van der Waals surface area contributed by atoms with E-state index in [0.717, 1.165) is 23.5 Å². The van der Waals surface area contributed by atoms with Gasteiger partial charge in [-0.05, 0) is 50.9 Å². The predicted molar refractivity (Wildman–Crippen MR) is 97.6 cm³/mol. The van der Waals surface area contributed by atoms with E-state index in [9.17, 15) is 9.59 Å². The van der Waals surface area contributed by atoms with Gasteiger partial charge in [0.2, 0.25) is 5.91 Å². The molecule has 130 valence electrons. The lowest BCUT2D eigenvalue weighted by Crippen LogP contribution is -2.39. The van der Waals surface area contributed by atoms with Crippen molar-refractivity contribution in [2.45, 2.75) is 43.5 Å². The second-order valence-corrected chi connectivity index (χ2v) is 7.56. The van der Waals surface area contributed by atoms with Crippen LogP contribution in [-0.2, 0) is 4.79 Å². The molecule has 1 aromatic carbocycles. The van der Waals surface area contributed by atoms with Crippen LogP contribution in [0.4, 0.5) is 5.69 Å². The van der Waals surface area contributed by atoms with Crippen molar-refractivity contribution in [2.24, 2.45) is 0 Å². The number of piperidine rings is 1. The first-order valence-electron chi connectivity index (χ1n) is 8.72. The Morgan fingerprint density at radius 2 is 2.29 bits per heavy atom. The number of rotatable bonds is 5. The van der Waals surface area contributed by atoms with E-state index in [1.807, 2.05) is 12.1 Å². The molecule has 0 saturated carbocycles. The Morgan fingerprint density at radius 3 is 3.12 bits per heavy atom. The zero-order valence-electron chi connectivity index (χ0n) is 14.1. The summed E-state index contributed by atoms with van der Waals surface area (Å²) in [6.07, 6.45) is 4.87. The zero-order valence-corrected chi connectivity index (χ0v) is 15.0. The highest BCUT2D eigenvalue weighted by atomic mass is 32.2. The van der Waals surface area contributed by atoms with E-state index in [4.69, 9.17) is 0 Å². The van der Waals surface area contributed by atoms with Crippen molar-refractivity contribution < 1.29 is 9.59 Å². The van der Waals surface area contributed by atoms with Gasteiger partial charge in [-0.1, -0.05) is 6.42 Å². The summed E-state index contributed by atoms with van der Waals surface area (Å²) < 4.78 is 0. The minimum Gasteiger partial charge on any atom is -0.352 e. The Kier molecular flexibility index (Phi) is 5.79. The fourth-order valence-corrected chi connectivity index (χ4v) is 4.09. The molecule has 1 atom stereocenters. The van der Waals surface area contributed by atoms with E-state index in [2.05, 4.69) is 22.5 Å². The molecule has 5 nitrogen and oxygen atoms in total. The van der Waals surface area contributed by atoms with Crippen LogP contribution in [0.1, 0.15) is 43.0 Å². The average molecular weight is 347 g/mol.